The molecule has 1 fully saturated rings. The molecule has 2 aliphatic rings. The molecule has 2 rings (SSSR count). The van der Waals surface area contributed by atoms with Gasteiger partial charge in [-0.2, -0.15) is 0 Å². The SMILES string of the molecule is NCCC(=O)N1CCCC2CCCC=C21. The monoisotopic (exact) mass is 208 g/mol. The van der Waals surface area contributed by atoms with Crippen LogP contribution in [0, 0.1) is 5.92 Å². The lowest BCUT2D eigenvalue weighted by Crippen LogP contribution is -2.39. The second kappa shape index (κ2) is 4.79. The van der Waals surface area contributed by atoms with Gasteiger partial charge in [0.2, 0.25) is 5.91 Å². The first kappa shape index (κ1) is 10.7. The first-order chi connectivity index (χ1) is 7.33. The molecule has 1 aliphatic heterocycles. The summed E-state index contributed by atoms with van der Waals surface area (Å²) >= 11 is 0. The van der Waals surface area contributed by atoms with Gasteiger partial charge in [0.15, 0.2) is 0 Å². The minimum atomic E-state index is 0.218. The largest absolute Gasteiger partial charge is 0.330 e. The Morgan fingerprint density at radius 3 is 3.07 bits per heavy atom. The highest BCUT2D eigenvalue weighted by molar-refractivity contribution is 5.78. The van der Waals surface area contributed by atoms with Crippen molar-refractivity contribution in [2.24, 2.45) is 11.7 Å². The van der Waals surface area contributed by atoms with Gasteiger partial charge in [0.1, 0.15) is 0 Å². The van der Waals surface area contributed by atoms with Crippen molar-refractivity contribution in [2.45, 2.75) is 38.5 Å². The second-order valence-corrected chi connectivity index (χ2v) is 4.48. The third kappa shape index (κ3) is 2.23. The summed E-state index contributed by atoms with van der Waals surface area (Å²) in [6.07, 6.45) is 8.85. The van der Waals surface area contributed by atoms with Gasteiger partial charge in [0.25, 0.3) is 0 Å². The zero-order valence-electron chi connectivity index (χ0n) is 9.24. The number of likely N-dealkylation sites (tertiary alicyclic amines) is 1. The van der Waals surface area contributed by atoms with Gasteiger partial charge in [-0.1, -0.05) is 6.08 Å². The molecule has 0 spiro atoms. The highest BCUT2D eigenvalue weighted by atomic mass is 16.2. The number of carbonyl (C=O) groups excluding carboxylic acids is 1. The van der Waals surface area contributed by atoms with Gasteiger partial charge in [0.05, 0.1) is 0 Å². The molecule has 3 nitrogen and oxygen atoms in total. The predicted octanol–water partition coefficient (Wildman–Crippen LogP) is 1.64. The Labute approximate surface area is 91.3 Å². The van der Waals surface area contributed by atoms with Crippen LogP contribution in [0.5, 0.6) is 0 Å². The van der Waals surface area contributed by atoms with Crippen molar-refractivity contribution in [3.63, 3.8) is 0 Å². The maximum Gasteiger partial charge on any atom is 0.227 e. The number of carbonyl (C=O) groups is 1. The van der Waals surface area contributed by atoms with Crippen LogP contribution in [0.4, 0.5) is 0 Å². The maximum absolute atomic E-state index is 11.9. The quantitative estimate of drug-likeness (QED) is 0.750. The van der Waals surface area contributed by atoms with E-state index in [-0.39, 0.29) is 5.91 Å². The molecule has 2 N–H and O–H groups in total. The number of allylic oxidation sites excluding steroid dienone is 2. The van der Waals surface area contributed by atoms with Crippen molar-refractivity contribution in [2.75, 3.05) is 13.1 Å². The Morgan fingerprint density at radius 2 is 2.27 bits per heavy atom. The summed E-state index contributed by atoms with van der Waals surface area (Å²) in [7, 11) is 0. The number of fused-ring (bicyclic) bond motifs is 1. The molecule has 0 aromatic heterocycles. The van der Waals surface area contributed by atoms with Crippen molar-refractivity contribution in [3.05, 3.63) is 11.8 Å². The molecule has 0 aromatic rings. The van der Waals surface area contributed by atoms with Crippen molar-refractivity contribution in [3.8, 4) is 0 Å². The molecule has 1 saturated heterocycles. The van der Waals surface area contributed by atoms with Gasteiger partial charge in [-0.25, -0.2) is 0 Å². The second-order valence-electron chi connectivity index (χ2n) is 4.48. The Bertz CT molecular complexity index is 273. The van der Waals surface area contributed by atoms with Crippen molar-refractivity contribution in [1.82, 2.24) is 4.90 Å². The molecule has 1 heterocycles. The van der Waals surface area contributed by atoms with Crippen LogP contribution in [-0.2, 0) is 4.79 Å². The summed E-state index contributed by atoms with van der Waals surface area (Å²) in [5.41, 5.74) is 6.73. The number of hydrogen-bond acceptors (Lipinski definition) is 2. The Kier molecular flexibility index (Phi) is 3.41. The topological polar surface area (TPSA) is 46.3 Å². The molecule has 0 radical (unpaired) electrons. The fraction of sp³-hybridized carbons (Fsp3) is 0.750. The van der Waals surface area contributed by atoms with E-state index in [9.17, 15) is 4.79 Å². The van der Waals surface area contributed by atoms with Gasteiger partial charge in [-0.05, 0) is 38.0 Å². The van der Waals surface area contributed by atoms with E-state index in [1.807, 2.05) is 4.90 Å². The van der Waals surface area contributed by atoms with Crippen molar-refractivity contribution in [1.29, 1.82) is 0 Å². The van der Waals surface area contributed by atoms with E-state index in [1.165, 1.54) is 25.0 Å². The molecule has 15 heavy (non-hydrogen) atoms. The fourth-order valence-corrected chi connectivity index (χ4v) is 2.70. The molecular weight excluding hydrogens is 188 g/mol. The number of piperidine rings is 1. The fourth-order valence-electron chi connectivity index (χ4n) is 2.70. The Morgan fingerprint density at radius 1 is 1.47 bits per heavy atom. The van der Waals surface area contributed by atoms with E-state index in [4.69, 9.17) is 5.73 Å². The minimum Gasteiger partial charge on any atom is -0.330 e. The van der Waals surface area contributed by atoms with Crippen molar-refractivity contribution >= 4 is 5.91 Å². The third-order valence-corrected chi connectivity index (χ3v) is 3.43. The smallest absolute Gasteiger partial charge is 0.227 e. The summed E-state index contributed by atoms with van der Waals surface area (Å²) in [4.78, 5) is 13.8. The van der Waals surface area contributed by atoms with Crippen LogP contribution in [0.3, 0.4) is 0 Å². The Balaban J connectivity index is 2.09. The van der Waals surface area contributed by atoms with Gasteiger partial charge in [-0.15, -0.1) is 0 Å². The number of amides is 1. The average molecular weight is 208 g/mol. The standard InChI is InChI=1S/C12H20N2O/c13-8-7-12(15)14-9-3-5-10-4-1-2-6-11(10)14/h6,10H,1-5,7-9,13H2. The molecule has 1 atom stereocenters. The van der Waals surface area contributed by atoms with E-state index >= 15 is 0 Å². The van der Waals surface area contributed by atoms with Gasteiger partial charge < -0.3 is 10.6 Å². The zero-order chi connectivity index (χ0) is 10.7. The van der Waals surface area contributed by atoms with E-state index in [0.717, 1.165) is 19.4 Å². The summed E-state index contributed by atoms with van der Waals surface area (Å²) in [6.45, 7) is 1.37. The normalized spacial score (nSPS) is 25.8. The van der Waals surface area contributed by atoms with Crippen LogP contribution >= 0.6 is 0 Å². The number of nitrogens with two attached hydrogens (primary N) is 1. The Hall–Kier alpha value is -0.830. The van der Waals surface area contributed by atoms with E-state index in [0.29, 0.717) is 18.9 Å². The van der Waals surface area contributed by atoms with Crippen LogP contribution in [0.2, 0.25) is 0 Å². The molecule has 84 valence electrons. The lowest BCUT2D eigenvalue weighted by atomic mass is 9.85. The van der Waals surface area contributed by atoms with Crippen LogP contribution < -0.4 is 5.73 Å². The summed E-state index contributed by atoms with van der Waals surface area (Å²) in [5, 5.41) is 0. The van der Waals surface area contributed by atoms with Crippen LogP contribution in [-0.4, -0.2) is 23.9 Å². The molecule has 0 saturated carbocycles. The summed E-state index contributed by atoms with van der Waals surface area (Å²) in [6, 6.07) is 0. The molecule has 3 heteroatoms. The number of nitrogens with zero attached hydrogens (tertiary/aromatic N) is 1. The number of rotatable bonds is 2. The van der Waals surface area contributed by atoms with E-state index < -0.39 is 0 Å². The first-order valence-electron chi connectivity index (χ1n) is 6.03. The van der Waals surface area contributed by atoms with Gasteiger partial charge >= 0.3 is 0 Å². The molecule has 1 aliphatic carbocycles. The summed E-state index contributed by atoms with van der Waals surface area (Å²) < 4.78 is 0. The van der Waals surface area contributed by atoms with E-state index in [2.05, 4.69) is 6.08 Å². The summed E-state index contributed by atoms with van der Waals surface area (Å²) in [5.74, 6) is 0.865. The highest BCUT2D eigenvalue weighted by Crippen LogP contribution is 2.35. The lowest BCUT2D eigenvalue weighted by Gasteiger charge is -2.38. The van der Waals surface area contributed by atoms with Crippen LogP contribution in [0.1, 0.15) is 38.5 Å². The highest BCUT2D eigenvalue weighted by Gasteiger charge is 2.29. The lowest BCUT2D eigenvalue weighted by molar-refractivity contribution is -0.130. The first-order valence-corrected chi connectivity index (χ1v) is 6.03. The maximum atomic E-state index is 11.9. The van der Waals surface area contributed by atoms with Crippen molar-refractivity contribution < 1.29 is 4.79 Å². The zero-order valence-corrected chi connectivity index (χ0v) is 9.24. The third-order valence-electron chi connectivity index (χ3n) is 3.43. The average Bonchev–Trinajstić information content (AvgIpc) is 2.28. The molecule has 1 unspecified atom stereocenters. The van der Waals surface area contributed by atoms with Crippen LogP contribution in [0.25, 0.3) is 0 Å². The molecule has 0 bridgehead atoms. The molecule has 1 amide bonds. The van der Waals surface area contributed by atoms with Gasteiger partial charge in [-0.3, -0.25) is 4.79 Å². The van der Waals surface area contributed by atoms with Gasteiger partial charge in [0, 0.05) is 25.2 Å². The molecular formula is C12H20N2O. The van der Waals surface area contributed by atoms with E-state index in [1.54, 1.807) is 0 Å². The predicted molar refractivity (Wildman–Crippen MR) is 60.0 cm³/mol. The van der Waals surface area contributed by atoms with Crippen LogP contribution in [0.15, 0.2) is 11.8 Å². The minimum absolute atomic E-state index is 0.218. The molecule has 0 aromatic carbocycles. The number of hydrogen-bond donors (Lipinski definition) is 1.